The third-order valence-corrected chi connectivity index (χ3v) is 5.57. The summed E-state index contributed by atoms with van der Waals surface area (Å²) >= 11 is 1.94. The summed E-state index contributed by atoms with van der Waals surface area (Å²) in [5.74, 6) is 0. The van der Waals surface area contributed by atoms with Crippen LogP contribution in [0.2, 0.25) is 0 Å². The van der Waals surface area contributed by atoms with Gasteiger partial charge in [0.2, 0.25) is 0 Å². The normalized spacial score (nSPS) is 20.6. The maximum Gasteiger partial charge on any atom is 0.0474 e. The quantitative estimate of drug-likeness (QED) is 0.801. The fourth-order valence-corrected chi connectivity index (χ4v) is 4.54. The predicted octanol–water partition coefficient (Wildman–Crippen LogP) is 4.68. The van der Waals surface area contributed by atoms with Crippen molar-refractivity contribution in [2.45, 2.75) is 58.9 Å². The zero-order valence-corrected chi connectivity index (χ0v) is 12.2. The van der Waals surface area contributed by atoms with E-state index in [9.17, 15) is 0 Å². The number of hydrogen-bond acceptors (Lipinski definition) is 2. The van der Waals surface area contributed by atoms with Crippen LogP contribution in [0.4, 0.5) is 0 Å². The Hall–Kier alpha value is -0.340. The third-order valence-electron chi connectivity index (χ3n) is 4.49. The Labute approximate surface area is 110 Å². The van der Waals surface area contributed by atoms with Gasteiger partial charge >= 0.3 is 0 Å². The molecule has 1 saturated carbocycles. The number of hydrogen-bond donors (Lipinski definition) is 1. The van der Waals surface area contributed by atoms with Gasteiger partial charge in [-0.25, -0.2) is 0 Å². The molecular weight excluding hydrogens is 226 g/mol. The Kier molecular flexibility index (Phi) is 4.26. The topological polar surface area (TPSA) is 12.0 Å². The van der Waals surface area contributed by atoms with Crippen LogP contribution in [0, 0.1) is 12.3 Å². The van der Waals surface area contributed by atoms with Crippen LogP contribution in [0.3, 0.4) is 0 Å². The van der Waals surface area contributed by atoms with Crippen LogP contribution in [-0.4, -0.2) is 6.54 Å². The molecule has 0 aromatic carbocycles. The Bertz CT molecular complexity index is 350. The van der Waals surface area contributed by atoms with Gasteiger partial charge in [-0.2, -0.15) is 0 Å². The molecule has 1 aromatic rings. The molecule has 96 valence electrons. The Morgan fingerprint density at radius 1 is 1.35 bits per heavy atom. The zero-order valence-electron chi connectivity index (χ0n) is 11.4. The molecule has 0 spiro atoms. The fraction of sp³-hybridized carbons (Fsp3) is 0.733. The molecule has 1 aromatic heterocycles. The SMILES string of the molecule is CCNC(c1sccc1C)C1(CC)CCCC1. The summed E-state index contributed by atoms with van der Waals surface area (Å²) < 4.78 is 0. The highest BCUT2D eigenvalue weighted by Gasteiger charge is 2.41. The van der Waals surface area contributed by atoms with Gasteiger partial charge in [0.05, 0.1) is 0 Å². The van der Waals surface area contributed by atoms with Crippen molar-refractivity contribution in [1.82, 2.24) is 5.32 Å². The molecule has 1 fully saturated rings. The number of aryl methyl sites for hydroxylation is 1. The second kappa shape index (κ2) is 5.53. The maximum atomic E-state index is 3.77. The van der Waals surface area contributed by atoms with E-state index in [4.69, 9.17) is 0 Å². The summed E-state index contributed by atoms with van der Waals surface area (Å²) in [5.41, 5.74) is 1.99. The van der Waals surface area contributed by atoms with E-state index in [0.717, 1.165) is 6.54 Å². The molecule has 0 saturated heterocycles. The maximum absolute atomic E-state index is 3.77. The summed E-state index contributed by atoms with van der Waals surface area (Å²) in [5, 5.41) is 6.01. The molecule has 2 heteroatoms. The minimum absolute atomic E-state index is 0.519. The highest BCUT2D eigenvalue weighted by molar-refractivity contribution is 7.10. The summed E-state index contributed by atoms with van der Waals surface area (Å²) in [6, 6.07) is 2.85. The van der Waals surface area contributed by atoms with Gasteiger partial charge < -0.3 is 5.32 Å². The number of thiophene rings is 1. The lowest BCUT2D eigenvalue weighted by atomic mass is 9.75. The minimum Gasteiger partial charge on any atom is -0.309 e. The van der Waals surface area contributed by atoms with Crippen LogP contribution >= 0.6 is 11.3 Å². The van der Waals surface area contributed by atoms with Crippen molar-refractivity contribution in [2.75, 3.05) is 6.54 Å². The van der Waals surface area contributed by atoms with Crippen molar-refractivity contribution in [1.29, 1.82) is 0 Å². The van der Waals surface area contributed by atoms with Gasteiger partial charge in [0.1, 0.15) is 0 Å². The molecular formula is C15H25NS. The lowest BCUT2D eigenvalue weighted by Crippen LogP contribution is -2.36. The van der Waals surface area contributed by atoms with Crippen LogP contribution in [0.1, 0.15) is 62.4 Å². The first-order valence-electron chi connectivity index (χ1n) is 7.01. The van der Waals surface area contributed by atoms with Crippen LogP contribution in [0.25, 0.3) is 0 Å². The molecule has 0 bridgehead atoms. The van der Waals surface area contributed by atoms with E-state index in [1.165, 1.54) is 37.7 Å². The molecule has 1 aliphatic carbocycles. The van der Waals surface area contributed by atoms with E-state index >= 15 is 0 Å². The predicted molar refractivity (Wildman–Crippen MR) is 76.7 cm³/mol. The van der Waals surface area contributed by atoms with Crippen molar-refractivity contribution in [3.63, 3.8) is 0 Å². The summed E-state index contributed by atoms with van der Waals surface area (Å²) in [6.45, 7) is 7.94. The van der Waals surface area contributed by atoms with Gasteiger partial charge in [-0.05, 0) is 55.2 Å². The lowest BCUT2D eigenvalue weighted by molar-refractivity contribution is 0.191. The first-order chi connectivity index (χ1) is 8.23. The number of nitrogens with one attached hydrogen (secondary N) is 1. The van der Waals surface area contributed by atoms with E-state index < -0.39 is 0 Å². The largest absolute Gasteiger partial charge is 0.309 e. The molecule has 1 N–H and O–H groups in total. The molecule has 1 nitrogen and oxygen atoms in total. The number of rotatable bonds is 5. The van der Waals surface area contributed by atoms with Crippen molar-refractivity contribution in [3.05, 3.63) is 21.9 Å². The fourth-order valence-electron chi connectivity index (χ4n) is 3.40. The van der Waals surface area contributed by atoms with Crippen LogP contribution in [-0.2, 0) is 0 Å². The Morgan fingerprint density at radius 3 is 2.53 bits per heavy atom. The first kappa shape index (κ1) is 13.1. The Balaban J connectivity index is 2.31. The van der Waals surface area contributed by atoms with E-state index in [1.54, 1.807) is 4.88 Å². The first-order valence-corrected chi connectivity index (χ1v) is 7.89. The molecule has 2 rings (SSSR count). The van der Waals surface area contributed by atoms with Crippen molar-refractivity contribution >= 4 is 11.3 Å². The molecule has 17 heavy (non-hydrogen) atoms. The van der Waals surface area contributed by atoms with Crippen LogP contribution < -0.4 is 5.32 Å². The van der Waals surface area contributed by atoms with Crippen molar-refractivity contribution in [3.8, 4) is 0 Å². The van der Waals surface area contributed by atoms with Gasteiger partial charge in [-0.1, -0.05) is 26.7 Å². The average Bonchev–Trinajstić information content (AvgIpc) is 2.96. The second-order valence-corrected chi connectivity index (χ2v) is 6.33. The van der Waals surface area contributed by atoms with Gasteiger partial charge in [-0.3, -0.25) is 0 Å². The molecule has 1 aliphatic rings. The lowest BCUT2D eigenvalue weighted by Gasteiger charge is -2.37. The second-order valence-electron chi connectivity index (χ2n) is 5.38. The van der Waals surface area contributed by atoms with Gasteiger partial charge in [0.15, 0.2) is 0 Å². The smallest absolute Gasteiger partial charge is 0.0474 e. The highest BCUT2D eigenvalue weighted by atomic mass is 32.1. The average molecular weight is 251 g/mol. The third kappa shape index (κ3) is 2.43. The summed E-state index contributed by atoms with van der Waals surface area (Å²) in [7, 11) is 0. The molecule has 0 aliphatic heterocycles. The molecule has 1 atom stereocenters. The van der Waals surface area contributed by atoms with E-state index in [-0.39, 0.29) is 0 Å². The molecule has 1 heterocycles. The van der Waals surface area contributed by atoms with Gasteiger partial charge in [0.25, 0.3) is 0 Å². The molecule has 1 unspecified atom stereocenters. The van der Waals surface area contributed by atoms with Crippen molar-refractivity contribution in [2.24, 2.45) is 5.41 Å². The van der Waals surface area contributed by atoms with Gasteiger partial charge in [0, 0.05) is 10.9 Å². The van der Waals surface area contributed by atoms with E-state index in [0.29, 0.717) is 11.5 Å². The van der Waals surface area contributed by atoms with Crippen LogP contribution in [0.15, 0.2) is 11.4 Å². The standard InChI is InChI=1S/C15H25NS/c1-4-15(9-6-7-10-15)14(16-5-2)13-12(3)8-11-17-13/h8,11,14,16H,4-7,9-10H2,1-3H3. The highest BCUT2D eigenvalue weighted by Crippen LogP contribution is 2.51. The summed E-state index contributed by atoms with van der Waals surface area (Å²) in [6.07, 6.45) is 6.94. The minimum atomic E-state index is 0.519. The molecule has 0 amide bonds. The van der Waals surface area contributed by atoms with E-state index in [1.807, 2.05) is 11.3 Å². The summed E-state index contributed by atoms with van der Waals surface area (Å²) in [4.78, 5) is 1.58. The van der Waals surface area contributed by atoms with Crippen molar-refractivity contribution < 1.29 is 0 Å². The Morgan fingerprint density at radius 2 is 2.06 bits per heavy atom. The van der Waals surface area contributed by atoms with E-state index in [2.05, 4.69) is 37.5 Å². The van der Waals surface area contributed by atoms with Gasteiger partial charge in [-0.15, -0.1) is 11.3 Å². The zero-order chi connectivity index (χ0) is 12.3. The monoisotopic (exact) mass is 251 g/mol. The van der Waals surface area contributed by atoms with Crippen LogP contribution in [0.5, 0.6) is 0 Å². The molecule has 0 radical (unpaired) electrons.